The maximum Gasteiger partial charge on any atom is 0.336 e. The highest BCUT2D eigenvalue weighted by molar-refractivity contribution is 7.91. The lowest BCUT2D eigenvalue weighted by Crippen LogP contribution is -2.39. The van der Waals surface area contributed by atoms with Crippen molar-refractivity contribution < 1.29 is 31.9 Å². The Morgan fingerprint density at radius 1 is 1.10 bits per heavy atom. The number of methoxy groups -OCH3 is 2. The topological polar surface area (TPSA) is 152 Å². The first kappa shape index (κ1) is 22.6. The first-order valence-electron chi connectivity index (χ1n) is 8.15. The Morgan fingerprint density at radius 2 is 1.70 bits per heavy atom. The summed E-state index contributed by atoms with van der Waals surface area (Å²) in [5.74, 6) is -1.88. The third-order valence-corrected chi connectivity index (χ3v) is 4.37. The Hall–Kier alpha value is -3.68. The zero-order valence-corrected chi connectivity index (χ0v) is 17.2. The molecule has 162 valence electrons. The van der Waals surface area contributed by atoms with Crippen molar-refractivity contribution in [1.82, 2.24) is 19.6 Å². The van der Waals surface area contributed by atoms with Gasteiger partial charge in [0.05, 0.1) is 31.5 Å². The summed E-state index contributed by atoms with van der Waals surface area (Å²) in [4.78, 5) is 32.9. The highest BCUT2D eigenvalue weighted by Gasteiger charge is 2.23. The van der Waals surface area contributed by atoms with E-state index in [1.807, 2.05) is 4.72 Å². The third kappa shape index (κ3) is 5.66. The highest BCUT2D eigenvalue weighted by atomic mass is 32.2. The van der Waals surface area contributed by atoms with E-state index >= 15 is 0 Å². The van der Waals surface area contributed by atoms with Gasteiger partial charge in [-0.1, -0.05) is 6.07 Å². The molecule has 1 aromatic heterocycles. The Bertz CT molecular complexity index is 1040. The van der Waals surface area contributed by atoms with Crippen molar-refractivity contribution in [3.05, 3.63) is 35.6 Å². The van der Waals surface area contributed by atoms with Crippen LogP contribution in [0.2, 0.25) is 0 Å². The van der Waals surface area contributed by atoms with Gasteiger partial charge in [-0.15, -0.1) is 0 Å². The van der Waals surface area contributed by atoms with Crippen LogP contribution >= 0.6 is 0 Å². The zero-order valence-electron chi connectivity index (χ0n) is 16.4. The number of anilines is 2. The second kappa shape index (κ2) is 9.21. The Kier molecular flexibility index (Phi) is 6.94. The van der Waals surface area contributed by atoms with Gasteiger partial charge >= 0.3 is 16.2 Å². The van der Waals surface area contributed by atoms with Crippen LogP contribution in [0.15, 0.2) is 24.3 Å². The molecule has 0 fully saturated rings. The molecule has 0 unspecified atom stereocenters. The first-order valence-corrected chi connectivity index (χ1v) is 9.63. The largest absolute Gasteiger partial charge is 0.481 e. The number of hydrogen-bond acceptors (Lipinski definition) is 8. The molecule has 0 aliphatic heterocycles. The summed E-state index contributed by atoms with van der Waals surface area (Å²) in [6.07, 6.45) is 0. The molecule has 0 aliphatic rings. The molecule has 1 aromatic carbocycles. The van der Waals surface area contributed by atoms with Gasteiger partial charge in [0.2, 0.25) is 17.7 Å². The number of amides is 3. The monoisotopic (exact) mass is 442 g/mol. The molecule has 0 atom stereocenters. The van der Waals surface area contributed by atoms with Crippen molar-refractivity contribution >= 4 is 33.8 Å². The van der Waals surface area contributed by atoms with Crippen molar-refractivity contribution in [2.24, 2.45) is 0 Å². The summed E-state index contributed by atoms with van der Waals surface area (Å²) in [5.41, 5.74) is -0.859. The third-order valence-electron chi connectivity index (χ3n) is 3.43. The predicted molar refractivity (Wildman–Crippen MR) is 104 cm³/mol. The fraction of sp³-hybridized carbons (Fsp3) is 0.250. The molecule has 0 spiro atoms. The molecule has 1 heterocycles. The number of rotatable bonds is 7. The van der Waals surface area contributed by atoms with Crippen molar-refractivity contribution in [3.8, 4) is 11.8 Å². The number of ether oxygens (including phenoxy) is 2. The number of hydrogen-bond donors (Lipinski definition) is 3. The molecular weight excluding hydrogens is 423 g/mol. The normalized spacial score (nSPS) is 10.7. The second-order valence-corrected chi connectivity index (χ2v) is 7.22. The van der Waals surface area contributed by atoms with Crippen LogP contribution in [-0.4, -0.2) is 63.5 Å². The number of halogens is 1. The molecule has 0 saturated carbocycles. The number of carbonyl (C=O) groups excluding carboxylic acids is 2. The van der Waals surface area contributed by atoms with Gasteiger partial charge in [-0.05, 0) is 12.1 Å². The Morgan fingerprint density at radius 3 is 2.23 bits per heavy atom. The lowest BCUT2D eigenvalue weighted by atomic mass is 10.1. The minimum Gasteiger partial charge on any atom is -0.481 e. The van der Waals surface area contributed by atoms with E-state index in [4.69, 9.17) is 9.47 Å². The van der Waals surface area contributed by atoms with Crippen LogP contribution in [0.3, 0.4) is 0 Å². The molecule has 30 heavy (non-hydrogen) atoms. The van der Waals surface area contributed by atoms with E-state index < -0.39 is 33.5 Å². The van der Waals surface area contributed by atoms with Crippen LogP contribution in [0, 0.1) is 5.82 Å². The van der Waals surface area contributed by atoms with Crippen LogP contribution in [0.4, 0.5) is 20.8 Å². The predicted octanol–water partition coefficient (Wildman–Crippen LogP) is 0.813. The van der Waals surface area contributed by atoms with E-state index in [-0.39, 0.29) is 23.4 Å². The molecule has 0 saturated heterocycles. The standard InChI is InChI=1S/C16H19FN6O6S/c1-23(2)14(24)13-9(17)6-5-7-10(13)21-30(26,27)22-16(25)20-15-18-11(28-3)8-12(19-15)29-4/h5-8,21H,1-4H3,(H2,18,19,20,22,25). The van der Waals surface area contributed by atoms with Gasteiger partial charge in [-0.3, -0.25) is 14.8 Å². The highest BCUT2D eigenvalue weighted by Crippen LogP contribution is 2.21. The van der Waals surface area contributed by atoms with Crippen molar-refractivity contribution in [3.63, 3.8) is 0 Å². The molecule has 2 aromatic rings. The quantitative estimate of drug-likeness (QED) is 0.570. The average Bonchev–Trinajstić information content (AvgIpc) is 2.66. The average molecular weight is 442 g/mol. The Labute approximate surface area is 171 Å². The molecule has 0 radical (unpaired) electrons. The molecule has 14 heteroatoms. The smallest absolute Gasteiger partial charge is 0.336 e. The molecule has 0 aliphatic carbocycles. The molecular formula is C16H19FN6O6S. The van der Waals surface area contributed by atoms with Gasteiger partial charge in [0.15, 0.2) is 0 Å². The summed E-state index contributed by atoms with van der Waals surface area (Å²) in [7, 11) is 0.851. The summed E-state index contributed by atoms with van der Waals surface area (Å²) >= 11 is 0. The Balaban J connectivity index is 2.19. The van der Waals surface area contributed by atoms with Crippen molar-refractivity contribution in [1.29, 1.82) is 0 Å². The second-order valence-electron chi connectivity index (χ2n) is 5.80. The molecule has 12 nitrogen and oxygen atoms in total. The minimum absolute atomic E-state index is 0.0599. The van der Waals surface area contributed by atoms with Gasteiger partial charge in [0.1, 0.15) is 5.82 Å². The van der Waals surface area contributed by atoms with E-state index in [0.717, 1.165) is 11.0 Å². The van der Waals surface area contributed by atoms with Gasteiger partial charge in [0.25, 0.3) is 5.91 Å². The molecule has 3 N–H and O–H groups in total. The molecule has 0 bridgehead atoms. The maximum atomic E-state index is 14.1. The number of urea groups is 1. The van der Waals surface area contributed by atoms with Gasteiger partial charge in [0, 0.05) is 14.1 Å². The van der Waals surface area contributed by atoms with E-state index in [2.05, 4.69) is 15.3 Å². The summed E-state index contributed by atoms with van der Waals surface area (Å²) < 4.78 is 52.1. The number of nitrogens with one attached hydrogen (secondary N) is 3. The number of carbonyl (C=O) groups is 2. The van der Waals surface area contributed by atoms with Crippen LogP contribution in [0.5, 0.6) is 11.8 Å². The van der Waals surface area contributed by atoms with Gasteiger partial charge in [-0.2, -0.15) is 18.4 Å². The molecule has 3 amide bonds. The lowest BCUT2D eigenvalue weighted by Gasteiger charge is -2.16. The first-order chi connectivity index (χ1) is 14.1. The van der Waals surface area contributed by atoms with Crippen LogP contribution in [-0.2, 0) is 10.2 Å². The summed E-state index contributed by atoms with van der Waals surface area (Å²) in [5, 5.41) is 2.10. The number of benzene rings is 1. The summed E-state index contributed by atoms with van der Waals surface area (Å²) in [6, 6.07) is 3.49. The van der Waals surface area contributed by atoms with Crippen LogP contribution < -0.4 is 24.2 Å². The van der Waals surface area contributed by atoms with E-state index in [0.29, 0.717) is 0 Å². The maximum absolute atomic E-state index is 14.1. The van der Waals surface area contributed by atoms with Gasteiger partial charge in [-0.25, -0.2) is 13.9 Å². The number of aromatic nitrogens is 2. The summed E-state index contributed by atoms with van der Waals surface area (Å²) in [6.45, 7) is 0. The molecule has 2 rings (SSSR count). The zero-order chi connectivity index (χ0) is 22.5. The van der Waals surface area contributed by atoms with E-state index in [1.54, 1.807) is 4.72 Å². The van der Waals surface area contributed by atoms with Crippen molar-refractivity contribution in [2.45, 2.75) is 0 Å². The minimum atomic E-state index is -4.55. The van der Waals surface area contributed by atoms with E-state index in [9.17, 15) is 22.4 Å². The fourth-order valence-corrected chi connectivity index (χ4v) is 2.94. The lowest BCUT2D eigenvalue weighted by molar-refractivity contribution is 0.0824. The number of nitrogens with zero attached hydrogens (tertiary/aromatic N) is 3. The SMILES string of the molecule is COc1cc(OC)nc(NC(=O)NS(=O)(=O)Nc2cccc(F)c2C(=O)N(C)C)n1. The fourth-order valence-electron chi connectivity index (χ4n) is 2.14. The van der Waals surface area contributed by atoms with E-state index in [1.165, 1.54) is 46.5 Å². The van der Waals surface area contributed by atoms with Crippen molar-refractivity contribution in [2.75, 3.05) is 38.4 Å². The van der Waals surface area contributed by atoms with Crippen LogP contribution in [0.25, 0.3) is 0 Å². The van der Waals surface area contributed by atoms with Gasteiger partial charge < -0.3 is 14.4 Å². The van der Waals surface area contributed by atoms with Crippen LogP contribution in [0.1, 0.15) is 10.4 Å².